The number of halogens is 1. The number of sulfonamides is 1. The zero-order chi connectivity index (χ0) is 13.3. The fourth-order valence-electron chi connectivity index (χ4n) is 1.43. The Hall–Kier alpha value is -0.620. The van der Waals surface area contributed by atoms with Crippen LogP contribution in [0.25, 0.3) is 0 Å². The molecule has 104 valence electrons. The minimum absolute atomic E-state index is 0. The molecule has 0 saturated heterocycles. The summed E-state index contributed by atoms with van der Waals surface area (Å²) < 4.78 is 26.2. The van der Waals surface area contributed by atoms with Gasteiger partial charge in [0.15, 0.2) is 0 Å². The number of rotatable bonds is 3. The predicted molar refractivity (Wildman–Crippen MR) is 76.3 cm³/mol. The summed E-state index contributed by atoms with van der Waals surface area (Å²) in [6.07, 6.45) is 0. The highest BCUT2D eigenvalue weighted by atomic mass is 35.5. The Labute approximate surface area is 116 Å². The summed E-state index contributed by atoms with van der Waals surface area (Å²) in [6, 6.07) is 6.84. The van der Waals surface area contributed by atoms with Gasteiger partial charge in [0.25, 0.3) is 0 Å². The van der Waals surface area contributed by atoms with Gasteiger partial charge in [-0.3, -0.25) is 0 Å². The van der Waals surface area contributed by atoms with Crippen LogP contribution in [0.2, 0.25) is 0 Å². The minimum atomic E-state index is -3.49. The van der Waals surface area contributed by atoms with Gasteiger partial charge in [0.1, 0.15) is 0 Å². The number of hydrogen-bond acceptors (Lipinski definition) is 3. The summed E-state index contributed by atoms with van der Waals surface area (Å²) in [7, 11) is -1.90. The molecule has 0 aromatic heterocycles. The van der Waals surface area contributed by atoms with Gasteiger partial charge in [-0.1, -0.05) is 18.2 Å². The summed E-state index contributed by atoms with van der Waals surface area (Å²) in [5.41, 5.74) is 5.76. The van der Waals surface area contributed by atoms with E-state index in [1.165, 1.54) is 4.31 Å². The maximum absolute atomic E-state index is 12.4. The van der Waals surface area contributed by atoms with Crippen LogP contribution >= 0.6 is 12.4 Å². The van der Waals surface area contributed by atoms with E-state index in [2.05, 4.69) is 0 Å². The van der Waals surface area contributed by atoms with Crippen LogP contribution in [0.5, 0.6) is 0 Å². The van der Waals surface area contributed by atoms with Crippen LogP contribution < -0.4 is 5.73 Å². The zero-order valence-corrected chi connectivity index (χ0v) is 12.8. The van der Waals surface area contributed by atoms with Crippen LogP contribution in [-0.2, 0) is 16.6 Å². The number of benzene rings is 1. The van der Waals surface area contributed by atoms with Crippen molar-refractivity contribution in [3.8, 4) is 0 Å². The lowest BCUT2D eigenvalue weighted by molar-refractivity contribution is 0.291. The van der Waals surface area contributed by atoms with Crippen LogP contribution in [-0.4, -0.2) is 25.3 Å². The lowest BCUT2D eigenvalue weighted by Gasteiger charge is -2.31. The SMILES string of the molecule is CN(C(C)(C)C)S(=O)(=O)c1ccccc1CN.Cl. The number of hydrogen-bond donors (Lipinski definition) is 1. The Morgan fingerprint density at radius 2 is 1.72 bits per heavy atom. The highest BCUT2D eigenvalue weighted by Gasteiger charge is 2.31. The van der Waals surface area contributed by atoms with Crippen molar-refractivity contribution in [1.82, 2.24) is 4.31 Å². The first-order chi connectivity index (χ1) is 7.71. The lowest BCUT2D eigenvalue weighted by Crippen LogP contribution is -2.42. The van der Waals surface area contributed by atoms with Crippen molar-refractivity contribution in [2.45, 2.75) is 37.8 Å². The smallest absolute Gasteiger partial charge is 0.243 e. The van der Waals surface area contributed by atoms with E-state index < -0.39 is 15.6 Å². The van der Waals surface area contributed by atoms with Gasteiger partial charge in [-0.05, 0) is 32.4 Å². The average molecular weight is 293 g/mol. The van der Waals surface area contributed by atoms with Crippen LogP contribution in [0.15, 0.2) is 29.2 Å². The maximum atomic E-state index is 12.4. The van der Waals surface area contributed by atoms with Crippen molar-refractivity contribution in [2.75, 3.05) is 7.05 Å². The Morgan fingerprint density at radius 1 is 1.22 bits per heavy atom. The molecule has 0 aliphatic carbocycles. The van der Waals surface area contributed by atoms with Crippen molar-refractivity contribution in [2.24, 2.45) is 5.73 Å². The van der Waals surface area contributed by atoms with E-state index in [0.717, 1.165) is 0 Å². The third-order valence-electron chi connectivity index (χ3n) is 2.78. The summed E-state index contributed by atoms with van der Waals surface area (Å²) in [4.78, 5) is 0.292. The monoisotopic (exact) mass is 292 g/mol. The molecule has 0 radical (unpaired) electrons. The molecule has 0 bridgehead atoms. The second kappa shape index (κ2) is 6.02. The van der Waals surface area contributed by atoms with Crippen molar-refractivity contribution < 1.29 is 8.42 Å². The molecule has 4 nitrogen and oxygen atoms in total. The third kappa shape index (κ3) is 3.45. The predicted octanol–water partition coefficient (Wildman–Crippen LogP) is 1.99. The Kier molecular flexibility index (Phi) is 5.81. The Morgan fingerprint density at radius 3 is 2.17 bits per heavy atom. The van der Waals surface area contributed by atoms with Crippen molar-refractivity contribution in [3.05, 3.63) is 29.8 Å². The molecule has 0 spiro atoms. The quantitative estimate of drug-likeness (QED) is 0.926. The van der Waals surface area contributed by atoms with Gasteiger partial charge in [-0.15, -0.1) is 12.4 Å². The second-order valence-electron chi connectivity index (χ2n) is 4.96. The normalized spacial score (nSPS) is 12.3. The van der Waals surface area contributed by atoms with Crippen molar-refractivity contribution in [3.63, 3.8) is 0 Å². The van der Waals surface area contributed by atoms with E-state index in [4.69, 9.17) is 5.73 Å². The first-order valence-electron chi connectivity index (χ1n) is 5.48. The molecule has 2 N–H and O–H groups in total. The van der Waals surface area contributed by atoms with Crippen LogP contribution in [0.3, 0.4) is 0 Å². The van der Waals surface area contributed by atoms with Crippen LogP contribution in [0.1, 0.15) is 26.3 Å². The van der Waals surface area contributed by atoms with Gasteiger partial charge >= 0.3 is 0 Å². The van der Waals surface area contributed by atoms with E-state index >= 15 is 0 Å². The molecule has 18 heavy (non-hydrogen) atoms. The fourth-order valence-corrected chi connectivity index (χ4v) is 3.18. The van der Waals surface area contributed by atoms with Gasteiger partial charge in [-0.2, -0.15) is 4.31 Å². The first-order valence-corrected chi connectivity index (χ1v) is 6.92. The first kappa shape index (κ1) is 17.4. The molecular formula is C12H21ClN2O2S. The van der Waals surface area contributed by atoms with Crippen molar-refractivity contribution >= 4 is 22.4 Å². The summed E-state index contributed by atoms with van der Waals surface area (Å²) in [6.45, 7) is 5.79. The summed E-state index contributed by atoms with van der Waals surface area (Å²) in [5, 5.41) is 0. The van der Waals surface area contributed by atoms with E-state index in [9.17, 15) is 8.42 Å². The van der Waals surface area contributed by atoms with E-state index in [-0.39, 0.29) is 19.0 Å². The molecule has 1 aromatic rings. The van der Waals surface area contributed by atoms with E-state index in [1.807, 2.05) is 20.8 Å². The topological polar surface area (TPSA) is 63.4 Å². The van der Waals surface area contributed by atoms with E-state index in [0.29, 0.717) is 10.5 Å². The highest BCUT2D eigenvalue weighted by molar-refractivity contribution is 7.89. The molecule has 0 atom stereocenters. The summed E-state index contributed by atoms with van der Waals surface area (Å²) in [5.74, 6) is 0. The molecule has 0 heterocycles. The molecule has 0 fully saturated rings. The van der Waals surface area contributed by atoms with Gasteiger partial charge in [0, 0.05) is 19.1 Å². The van der Waals surface area contributed by atoms with Gasteiger partial charge in [0.05, 0.1) is 4.90 Å². The molecule has 1 rings (SSSR count). The lowest BCUT2D eigenvalue weighted by atomic mass is 10.1. The standard InChI is InChI=1S/C12H20N2O2S.ClH/c1-12(2,3)14(4)17(15,16)11-8-6-5-7-10(11)9-13;/h5-8H,9,13H2,1-4H3;1H. The molecule has 0 aliphatic rings. The molecule has 0 aliphatic heterocycles. The Bertz CT molecular complexity index is 495. The zero-order valence-electron chi connectivity index (χ0n) is 11.2. The van der Waals surface area contributed by atoms with Gasteiger partial charge < -0.3 is 5.73 Å². The molecule has 0 amide bonds. The van der Waals surface area contributed by atoms with Crippen LogP contribution in [0.4, 0.5) is 0 Å². The maximum Gasteiger partial charge on any atom is 0.243 e. The van der Waals surface area contributed by atoms with Crippen molar-refractivity contribution in [1.29, 1.82) is 0 Å². The summed E-state index contributed by atoms with van der Waals surface area (Å²) >= 11 is 0. The molecule has 6 heteroatoms. The molecular weight excluding hydrogens is 272 g/mol. The second-order valence-corrected chi connectivity index (χ2v) is 6.89. The Balaban J connectivity index is 0.00000289. The average Bonchev–Trinajstić information content (AvgIpc) is 2.26. The van der Waals surface area contributed by atoms with E-state index in [1.54, 1.807) is 31.3 Å². The number of nitrogens with zero attached hydrogens (tertiary/aromatic N) is 1. The fraction of sp³-hybridized carbons (Fsp3) is 0.500. The van der Waals surface area contributed by atoms with Crippen LogP contribution in [0, 0.1) is 0 Å². The van der Waals surface area contributed by atoms with Gasteiger partial charge in [0.2, 0.25) is 10.0 Å². The molecule has 1 aromatic carbocycles. The van der Waals surface area contributed by atoms with Gasteiger partial charge in [-0.25, -0.2) is 8.42 Å². The largest absolute Gasteiger partial charge is 0.326 e. The minimum Gasteiger partial charge on any atom is -0.326 e. The molecule has 0 unspecified atom stereocenters. The number of nitrogens with two attached hydrogens (primary N) is 1. The highest BCUT2D eigenvalue weighted by Crippen LogP contribution is 2.24. The molecule has 0 saturated carbocycles. The third-order valence-corrected chi connectivity index (χ3v) is 5.00.